The van der Waals surface area contributed by atoms with Gasteiger partial charge in [-0.2, -0.15) is 0 Å². The highest BCUT2D eigenvalue weighted by atomic mass is 32.1. The number of aromatic hydroxyl groups is 1. The minimum Gasteiger partial charge on any atom is -0.508 e. The number of nitrogens with zero attached hydrogens (tertiary/aromatic N) is 1. The zero-order chi connectivity index (χ0) is 19.7. The molecule has 0 spiro atoms. The molecule has 28 heavy (non-hydrogen) atoms. The van der Waals surface area contributed by atoms with Crippen LogP contribution in [-0.4, -0.2) is 18.1 Å². The number of fused-ring (bicyclic) bond motifs is 1. The summed E-state index contributed by atoms with van der Waals surface area (Å²) in [5, 5.41) is 10.7. The van der Waals surface area contributed by atoms with E-state index in [1.165, 1.54) is 22.5 Å². The number of hydrogen-bond acceptors (Lipinski definition) is 3. The van der Waals surface area contributed by atoms with Crippen LogP contribution in [0, 0.1) is 6.92 Å². The van der Waals surface area contributed by atoms with Gasteiger partial charge in [0.05, 0.1) is 4.88 Å². The molecule has 0 aliphatic rings. The lowest BCUT2D eigenvalue weighted by Gasteiger charge is -2.17. The van der Waals surface area contributed by atoms with E-state index in [4.69, 9.17) is 0 Å². The van der Waals surface area contributed by atoms with E-state index in [2.05, 4.69) is 43.3 Å². The quantitative estimate of drug-likeness (QED) is 0.482. The molecule has 1 N–H and O–H groups in total. The Labute approximate surface area is 168 Å². The van der Waals surface area contributed by atoms with Gasteiger partial charge >= 0.3 is 0 Å². The topological polar surface area (TPSA) is 40.5 Å². The molecule has 0 fully saturated rings. The van der Waals surface area contributed by atoms with Crippen LogP contribution in [0.5, 0.6) is 5.75 Å². The SMILES string of the molecule is Cc1ccc(Cc2c(C(=O)N(C)c3ccc(O)cc3)sc3ccccc23)cc1. The Balaban J connectivity index is 1.76. The summed E-state index contributed by atoms with van der Waals surface area (Å²) in [6.45, 7) is 2.07. The van der Waals surface area contributed by atoms with Crippen molar-refractivity contribution in [1.29, 1.82) is 0 Å². The predicted molar refractivity (Wildman–Crippen MR) is 117 cm³/mol. The van der Waals surface area contributed by atoms with Gasteiger partial charge in [-0.25, -0.2) is 0 Å². The van der Waals surface area contributed by atoms with Crippen molar-refractivity contribution in [2.75, 3.05) is 11.9 Å². The molecule has 4 heteroatoms. The minimum absolute atomic E-state index is 0.0333. The van der Waals surface area contributed by atoms with Crippen molar-refractivity contribution in [3.8, 4) is 5.75 Å². The molecule has 0 unspecified atom stereocenters. The summed E-state index contributed by atoms with van der Waals surface area (Å²) in [7, 11) is 1.77. The smallest absolute Gasteiger partial charge is 0.268 e. The van der Waals surface area contributed by atoms with Crippen molar-refractivity contribution in [2.24, 2.45) is 0 Å². The summed E-state index contributed by atoms with van der Waals surface area (Å²) in [6, 6.07) is 23.3. The molecule has 3 aromatic carbocycles. The van der Waals surface area contributed by atoms with Crippen LogP contribution < -0.4 is 4.90 Å². The van der Waals surface area contributed by atoms with E-state index in [9.17, 15) is 9.90 Å². The van der Waals surface area contributed by atoms with Crippen LogP contribution in [0.15, 0.2) is 72.8 Å². The maximum absolute atomic E-state index is 13.3. The second-order valence-corrected chi connectivity index (χ2v) is 8.00. The molecule has 0 atom stereocenters. The Bertz CT molecular complexity index is 1130. The van der Waals surface area contributed by atoms with E-state index >= 15 is 0 Å². The lowest BCUT2D eigenvalue weighted by molar-refractivity contribution is 0.0996. The van der Waals surface area contributed by atoms with Gasteiger partial charge in [-0.1, -0.05) is 48.0 Å². The first-order valence-electron chi connectivity index (χ1n) is 9.16. The fraction of sp³-hybridized carbons (Fsp3) is 0.125. The van der Waals surface area contributed by atoms with Gasteiger partial charge in [-0.3, -0.25) is 4.79 Å². The average molecular weight is 388 g/mol. The number of benzene rings is 3. The largest absolute Gasteiger partial charge is 0.508 e. The fourth-order valence-electron chi connectivity index (χ4n) is 3.30. The molecule has 4 rings (SSSR count). The molecule has 3 nitrogen and oxygen atoms in total. The van der Waals surface area contributed by atoms with Crippen LogP contribution >= 0.6 is 11.3 Å². The average Bonchev–Trinajstić information content (AvgIpc) is 3.07. The third kappa shape index (κ3) is 3.51. The van der Waals surface area contributed by atoms with Crippen molar-refractivity contribution >= 4 is 33.0 Å². The Kier molecular flexibility index (Phi) is 4.88. The number of carbonyl (C=O) groups excluding carboxylic acids is 1. The van der Waals surface area contributed by atoms with Gasteiger partial charge in [0.2, 0.25) is 0 Å². The summed E-state index contributed by atoms with van der Waals surface area (Å²) >= 11 is 1.54. The first-order chi connectivity index (χ1) is 13.5. The van der Waals surface area contributed by atoms with Crippen molar-refractivity contribution in [3.05, 3.63) is 94.4 Å². The lowest BCUT2D eigenvalue weighted by Crippen LogP contribution is -2.26. The highest BCUT2D eigenvalue weighted by Gasteiger charge is 2.22. The van der Waals surface area contributed by atoms with E-state index in [-0.39, 0.29) is 11.7 Å². The van der Waals surface area contributed by atoms with Gasteiger partial charge in [-0.15, -0.1) is 11.3 Å². The predicted octanol–water partition coefficient (Wildman–Crippen LogP) is 5.78. The van der Waals surface area contributed by atoms with Crippen molar-refractivity contribution < 1.29 is 9.90 Å². The molecule has 0 aliphatic carbocycles. The third-order valence-corrected chi connectivity index (χ3v) is 6.14. The number of amides is 1. The first-order valence-corrected chi connectivity index (χ1v) is 9.97. The van der Waals surface area contributed by atoms with Crippen LogP contribution in [0.1, 0.15) is 26.4 Å². The van der Waals surface area contributed by atoms with E-state index in [1.807, 2.05) is 12.1 Å². The standard InChI is InChI=1S/C24H21NO2S/c1-16-7-9-17(10-8-16)15-21-20-5-3-4-6-22(20)28-23(21)24(27)25(2)18-11-13-19(26)14-12-18/h3-14,26H,15H2,1-2H3. The molecule has 0 bridgehead atoms. The molecule has 1 heterocycles. The molecule has 0 saturated heterocycles. The van der Waals surface area contributed by atoms with Crippen molar-refractivity contribution in [3.63, 3.8) is 0 Å². The summed E-state index contributed by atoms with van der Waals surface area (Å²) in [5.74, 6) is 0.153. The summed E-state index contributed by atoms with van der Waals surface area (Å²) < 4.78 is 1.12. The van der Waals surface area contributed by atoms with E-state index < -0.39 is 0 Å². The highest BCUT2D eigenvalue weighted by molar-refractivity contribution is 7.21. The van der Waals surface area contributed by atoms with Gasteiger partial charge in [0.1, 0.15) is 5.75 Å². The van der Waals surface area contributed by atoms with Crippen LogP contribution in [0.4, 0.5) is 5.69 Å². The first kappa shape index (κ1) is 18.3. The monoisotopic (exact) mass is 387 g/mol. The number of anilines is 1. The van der Waals surface area contributed by atoms with Crippen LogP contribution in [-0.2, 0) is 6.42 Å². The maximum Gasteiger partial charge on any atom is 0.268 e. The van der Waals surface area contributed by atoms with Crippen molar-refractivity contribution in [1.82, 2.24) is 0 Å². The molecule has 1 amide bonds. The fourth-order valence-corrected chi connectivity index (χ4v) is 4.50. The maximum atomic E-state index is 13.3. The van der Waals surface area contributed by atoms with Crippen LogP contribution in [0.25, 0.3) is 10.1 Å². The molecule has 0 aliphatic heterocycles. The molecule has 0 radical (unpaired) electrons. The second-order valence-electron chi connectivity index (χ2n) is 6.95. The molecule has 4 aromatic rings. The normalized spacial score (nSPS) is 10.9. The minimum atomic E-state index is -0.0333. The van der Waals surface area contributed by atoms with Gasteiger partial charge in [0, 0.05) is 17.4 Å². The Morgan fingerprint density at radius 3 is 2.36 bits per heavy atom. The van der Waals surface area contributed by atoms with E-state index in [1.54, 1.807) is 36.2 Å². The van der Waals surface area contributed by atoms with Gasteiger partial charge < -0.3 is 10.0 Å². The number of aryl methyl sites for hydroxylation is 1. The zero-order valence-electron chi connectivity index (χ0n) is 15.8. The number of thiophene rings is 1. The molecule has 1 aromatic heterocycles. The molecule has 140 valence electrons. The Morgan fingerprint density at radius 1 is 0.964 bits per heavy atom. The summed E-state index contributed by atoms with van der Waals surface area (Å²) in [4.78, 5) is 15.7. The summed E-state index contributed by atoms with van der Waals surface area (Å²) in [5.41, 5.74) is 4.24. The lowest BCUT2D eigenvalue weighted by atomic mass is 10.0. The van der Waals surface area contributed by atoms with E-state index in [0.717, 1.165) is 32.6 Å². The van der Waals surface area contributed by atoms with Crippen LogP contribution in [0.3, 0.4) is 0 Å². The van der Waals surface area contributed by atoms with Gasteiger partial charge in [-0.05, 0) is 60.2 Å². The Morgan fingerprint density at radius 2 is 1.64 bits per heavy atom. The molecular formula is C24H21NO2S. The zero-order valence-corrected chi connectivity index (χ0v) is 16.7. The third-order valence-electron chi connectivity index (χ3n) is 4.94. The van der Waals surface area contributed by atoms with E-state index in [0.29, 0.717) is 0 Å². The van der Waals surface area contributed by atoms with Crippen molar-refractivity contribution in [2.45, 2.75) is 13.3 Å². The highest BCUT2D eigenvalue weighted by Crippen LogP contribution is 2.34. The van der Waals surface area contributed by atoms with Gasteiger partial charge in [0.25, 0.3) is 5.91 Å². The number of phenols is 1. The number of phenolic OH excluding ortho intramolecular Hbond substituents is 1. The molecular weight excluding hydrogens is 366 g/mol. The summed E-state index contributed by atoms with van der Waals surface area (Å²) in [6.07, 6.45) is 0.717. The number of rotatable bonds is 4. The molecule has 0 saturated carbocycles. The van der Waals surface area contributed by atoms with Crippen LogP contribution in [0.2, 0.25) is 0 Å². The number of hydrogen-bond donors (Lipinski definition) is 1. The van der Waals surface area contributed by atoms with Gasteiger partial charge in [0.15, 0.2) is 0 Å². The Hall–Kier alpha value is -3.11. The number of carbonyl (C=O) groups is 1. The second kappa shape index (κ2) is 7.49.